The number of hydrogen-bond donors (Lipinski definition) is 1. The molecule has 0 bridgehead atoms. The Morgan fingerprint density at radius 2 is 1.77 bits per heavy atom. The molecule has 3 rings (SSSR count). The number of nitrogens with zero attached hydrogens (tertiary/aromatic N) is 1. The molecular weight excluding hydrogens is 278 g/mol. The molecule has 1 N–H and O–H groups in total. The van der Waals surface area contributed by atoms with Crippen molar-refractivity contribution in [2.75, 3.05) is 26.4 Å². The Bertz CT molecular complexity index is 320. The topological polar surface area (TPSA) is 41.9 Å². The maximum atomic E-state index is 10.3. The quantitative estimate of drug-likeness (QED) is 0.748. The van der Waals surface area contributed by atoms with Gasteiger partial charge in [-0.25, -0.2) is 0 Å². The lowest BCUT2D eigenvalue weighted by atomic mass is 9.86. The predicted molar refractivity (Wildman–Crippen MR) is 86.9 cm³/mol. The van der Waals surface area contributed by atoms with Crippen LogP contribution in [0.2, 0.25) is 0 Å². The molecule has 1 saturated heterocycles. The van der Waals surface area contributed by atoms with E-state index in [2.05, 4.69) is 11.8 Å². The third kappa shape index (κ3) is 4.92. The van der Waals surface area contributed by atoms with Crippen molar-refractivity contribution in [2.45, 2.75) is 82.6 Å². The van der Waals surface area contributed by atoms with Crippen LogP contribution in [0.1, 0.15) is 58.3 Å². The van der Waals surface area contributed by atoms with Crippen molar-refractivity contribution < 1.29 is 14.6 Å². The maximum absolute atomic E-state index is 10.3. The lowest BCUT2D eigenvalue weighted by Gasteiger charge is -2.37. The second-order valence-electron chi connectivity index (χ2n) is 7.67. The van der Waals surface area contributed by atoms with Crippen molar-refractivity contribution in [1.29, 1.82) is 0 Å². The third-order valence-electron chi connectivity index (χ3n) is 5.53. The summed E-state index contributed by atoms with van der Waals surface area (Å²) in [5, 5.41) is 10.3. The molecule has 0 aromatic carbocycles. The average molecular weight is 311 g/mol. The molecule has 1 heterocycles. The number of aliphatic hydroxyl groups excluding tert-OH is 1. The average Bonchev–Trinajstić information content (AvgIpc) is 3.23. The molecule has 2 aliphatic carbocycles. The van der Waals surface area contributed by atoms with Crippen LogP contribution in [0.15, 0.2) is 0 Å². The number of aliphatic hydroxyl groups is 1. The molecule has 22 heavy (non-hydrogen) atoms. The summed E-state index contributed by atoms with van der Waals surface area (Å²) in [5.74, 6) is 0.886. The van der Waals surface area contributed by atoms with Crippen molar-refractivity contribution in [3.05, 3.63) is 0 Å². The Labute approximate surface area is 135 Å². The molecule has 0 radical (unpaired) electrons. The largest absolute Gasteiger partial charge is 0.389 e. The molecule has 3 fully saturated rings. The summed E-state index contributed by atoms with van der Waals surface area (Å²) in [7, 11) is 0. The minimum absolute atomic E-state index is 0.256. The van der Waals surface area contributed by atoms with Gasteiger partial charge in [0.25, 0.3) is 0 Å². The highest BCUT2D eigenvalue weighted by molar-refractivity contribution is 4.91. The Hall–Kier alpha value is -0.160. The summed E-state index contributed by atoms with van der Waals surface area (Å²) in [6.07, 6.45) is 10.1. The molecule has 0 spiro atoms. The van der Waals surface area contributed by atoms with Gasteiger partial charge in [-0.15, -0.1) is 0 Å². The maximum Gasteiger partial charge on any atom is 0.0900 e. The van der Waals surface area contributed by atoms with Crippen LogP contribution in [0.4, 0.5) is 0 Å². The van der Waals surface area contributed by atoms with Crippen LogP contribution >= 0.6 is 0 Å². The van der Waals surface area contributed by atoms with E-state index in [0.717, 1.165) is 38.0 Å². The molecule has 2 atom stereocenters. The SMILES string of the molecule is CC1CCC(N(CC(O)COCC2CCCO2)C2CC2)CC1. The van der Waals surface area contributed by atoms with Crippen LogP contribution in [0.3, 0.4) is 0 Å². The Morgan fingerprint density at radius 3 is 2.36 bits per heavy atom. The molecule has 0 aromatic rings. The van der Waals surface area contributed by atoms with Gasteiger partial charge in [-0.2, -0.15) is 0 Å². The third-order valence-corrected chi connectivity index (χ3v) is 5.53. The fourth-order valence-corrected chi connectivity index (χ4v) is 3.98. The smallest absolute Gasteiger partial charge is 0.0900 e. The second-order valence-corrected chi connectivity index (χ2v) is 7.67. The summed E-state index contributed by atoms with van der Waals surface area (Å²) in [6.45, 7) is 5.11. The fraction of sp³-hybridized carbons (Fsp3) is 1.00. The molecule has 4 nitrogen and oxygen atoms in total. The Morgan fingerprint density at radius 1 is 1.09 bits per heavy atom. The van der Waals surface area contributed by atoms with E-state index in [1.165, 1.54) is 38.5 Å². The standard InChI is InChI=1S/C18H33NO3/c1-14-4-6-15(7-5-14)19(16-8-9-16)11-17(20)12-21-13-18-3-2-10-22-18/h14-18,20H,2-13H2,1H3. The summed E-state index contributed by atoms with van der Waals surface area (Å²) in [6, 6.07) is 1.42. The zero-order valence-electron chi connectivity index (χ0n) is 14.1. The first-order valence-corrected chi connectivity index (χ1v) is 9.35. The molecule has 0 amide bonds. The highest BCUT2D eigenvalue weighted by Gasteiger charge is 2.36. The molecule has 3 aliphatic rings. The van der Waals surface area contributed by atoms with Gasteiger partial charge >= 0.3 is 0 Å². The van der Waals surface area contributed by atoms with Gasteiger partial charge in [-0.05, 0) is 57.3 Å². The number of ether oxygens (including phenoxy) is 2. The van der Waals surface area contributed by atoms with E-state index in [1.807, 2.05) is 0 Å². The predicted octanol–water partition coefficient (Wildman–Crippen LogP) is 2.59. The van der Waals surface area contributed by atoms with Gasteiger partial charge in [-0.1, -0.05) is 6.92 Å². The van der Waals surface area contributed by atoms with E-state index in [4.69, 9.17) is 9.47 Å². The molecular formula is C18H33NO3. The minimum atomic E-state index is -0.360. The highest BCUT2D eigenvalue weighted by atomic mass is 16.5. The summed E-state index contributed by atoms with van der Waals surface area (Å²) in [5.41, 5.74) is 0. The normalized spacial score (nSPS) is 34.2. The Kier molecular flexibility index (Phi) is 6.14. The molecule has 2 saturated carbocycles. The monoisotopic (exact) mass is 311 g/mol. The van der Waals surface area contributed by atoms with Crippen LogP contribution in [-0.2, 0) is 9.47 Å². The highest BCUT2D eigenvalue weighted by Crippen LogP contribution is 2.35. The van der Waals surface area contributed by atoms with Crippen LogP contribution in [0.5, 0.6) is 0 Å². The zero-order valence-corrected chi connectivity index (χ0v) is 14.1. The first-order valence-electron chi connectivity index (χ1n) is 9.35. The molecule has 2 unspecified atom stereocenters. The van der Waals surface area contributed by atoms with E-state index >= 15 is 0 Å². The van der Waals surface area contributed by atoms with Gasteiger partial charge in [0.15, 0.2) is 0 Å². The van der Waals surface area contributed by atoms with Crippen molar-refractivity contribution in [1.82, 2.24) is 4.90 Å². The Balaban J connectivity index is 1.38. The summed E-state index contributed by atoms with van der Waals surface area (Å²) >= 11 is 0. The van der Waals surface area contributed by atoms with Gasteiger partial charge < -0.3 is 14.6 Å². The first kappa shape index (κ1) is 16.7. The first-order chi connectivity index (χ1) is 10.7. The molecule has 0 aromatic heterocycles. The van der Waals surface area contributed by atoms with E-state index in [9.17, 15) is 5.11 Å². The zero-order chi connectivity index (χ0) is 15.4. The molecule has 128 valence electrons. The van der Waals surface area contributed by atoms with Crippen molar-refractivity contribution >= 4 is 0 Å². The lowest BCUT2D eigenvalue weighted by Crippen LogP contribution is -2.44. The van der Waals surface area contributed by atoms with Gasteiger partial charge in [-0.3, -0.25) is 4.90 Å². The summed E-state index contributed by atoms with van der Waals surface area (Å²) in [4.78, 5) is 2.59. The number of rotatable bonds is 8. The fourth-order valence-electron chi connectivity index (χ4n) is 3.98. The van der Waals surface area contributed by atoms with E-state index in [1.54, 1.807) is 0 Å². The van der Waals surface area contributed by atoms with Crippen LogP contribution < -0.4 is 0 Å². The van der Waals surface area contributed by atoms with Gasteiger partial charge in [0.1, 0.15) is 0 Å². The van der Waals surface area contributed by atoms with Crippen LogP contribution in [0.25, 0.3) is 0 Å². The van der Waals surface area contributed by atoms with E-state index in [0.29, 0.717) is 19.3 Å². The number of hydrogen-bond acceptors (Lipinski definition) is 4. The van der Waals surface area contributed by atoms with Gasteiger partial charge in [0, 0.05) is 25.2 Å². The summed E-state index contributed by atoms with van der Waals surface area (Å²) < 4.78 is 11.2. The lowest BCUT2D eigenvalue weighted by molar-refractivity contribution is -0.0318. The van der Waals surface area contributed by atoms with Gasteiger partial charge in [0.2, 0.25) is 0 Å². The van der Waals surface area contributed by atoms with Crippen LogP contribution in [0, 0.1) is 5.92 Å². The van der Waals surface area contributed by atoms with Gasteiger partial charge in [0.05, 0.1) is 25.4 Å². The minimum Gasteiger partial charge on any atom is -0.389 e. The van der Waals surface area contributed by atoms with Crippen LogP contribution in [-0.4, -0.2) is 60.7 Å². The molecule has 1 aliphatic heterocycles. The van der Waals surface area contributed by atoms with E-state index < -0.39 is 0 Å². The van der Waals surface area contributed by atoms with E-state index in [-0.39, 0.29) is 12.2 Å². The van der Waals surface area contributed by atoms with Crippen molar-refractivity contribution in [2.24, 2.45) is 5.92 Å². The second kappa shape index (κ2) is 8.09. The molecule has 4 heteroatoms. The van der Waals surface area contributed by atoms with Crippen molar-refractivity contribution in [3.8, 4) is 0 Å². The van der Waals surface area contributed by atoms with Crippen molar-refractivity contribution in [3.63, 3.8) is 0 Å².